The molecule has 2 aromatic rings. The molecule has 3 heteroatoms. The number of hydrogen-bond acceptors (Lipinski definition) is 3. The molecule has 1 aromatic carbocycles. The molecular formula is C17H22N2S. The first-order chi connectivity index (χ1) is 9.86. The van der Waals surface area contributed by atoms with Crippen molar-refractivity contribution in [1.29, 1.82) is 0 Å². The van der Waals surface area contributed by atoms with Crippen LogP contribution in [0.3, 0.4) is 0 Å². The second kappa shape index (κ2) is 6.31. The Labute approximate surface area is 125 Å². The predicted molar refractivity (Wildman–Crippen MR) is 88.9 cm³/mol. The van der Waals surface area contributed by atoms with E-state index >= 15 is 0 Å². The third kappa shape index (κ3) is 2.98. The Balaban J connectivity index is 1.68. The van der Waals surface area contributed by atoms with Gasteiger partial charge in [0, 0.05) is 29.3 Å². The van der Waals surface area contributed by atoms with Crippen molar-refractivity contribution < 1.29 is 0 Å². The Kier molecular flexibility index (Phi) is 4.26. The Bertz CT molecular complexity index is 512. The molecule has 0 bridgehead atoms. The van der Waals surface area contributed by atoms with Crippen molar-refractivity contribution in [1.82, 2.24) is 0 Å². The van der Waals surface area contributed by atoms with E-state index in [-0.39, 0.29) is 0 Å². The first kappa shape index (κ1) is 13.5. The van der Waals surface area contributed by atoms with Crippen LogP contribution in [0.2, 0.25) is 0 Å². The molecule has 0 radical (unpaired) electrons. The summed E-state index contributed by atoms with van der Waals surface area (Å²) in [5.74, 6) is 0. The molecule has 1 aliphatic rings. The summed E-state index contributed by atoms with van der Waals surface area (Å²) < 4.78 is 0. The van der Waals surface area contributed by atoms with Gasteiger partial charge in [0.2, 0.25) is 0 Å². The molecule has 2 nitrogen and oxygen atoms in total. The van der Waals surface area contributed by atoms with E-state index in [1.165, 1.54) is 42.2 Å². The summed E-state index contributed by atoms with van der Waals surface area (Å²) in [7, 11) is 0. The standard InChI is InChI=1S/C17H22N2S/c1-2-16(17-6-5-13-20-17)18-14-7-9-15(10-8-14)19-11-3-4-12-19/h5-10,13,16,18H,2-4,11-12H2,1H3. The maximum Gasteiger partial charge on any atom is 0.0603 e. The summed E-state index contributed by atoms with van der Waals surface area (Å²) in [6.45, 7) is 4.65. The maximum absolute atomic E-state index is 3.64. The Morgan fingerprint density at radius 2 is 1.90 bits per heavy atom. The number of hydrogen-bond donors (Lipinski definition) is 1. The topological polar surface area (TPSA) is 15.3 Å². The average molecular weight is 286 g/mol. The summed E-state index contributed by atoms with van der Waals surface area (Å²) in [6, 6.07) is 13.7. The van der Waals surface area contributed by atoms with Crippen LogP contribution in [0.1, 0.15) is 37.1 Å². The third-order valence-electron chi connectivity index (χ3n) is 3.97. The van der Waals surface area contributed by atoms with Crippen molar-refractivity contribution in [2.45, 2.75) is 32.2 Å². The quantitative estimate of drug-likeness (QED) is 0.840. The molecule has 1 N–H and O–H groups in total. The van der Waals surface area contributed by atoms with Crippen LogP contribution < -0.4 is 10.2 Å². The van der Waals surface area contributed by atoms with Crippen LogP contribution in [0.5, 0.6) is 0 Å². The highest BCUT2D eigenvalue weighted by molar-refractivity contribution is 7.10. The lowest BCUT2D eigenvalue weighted by Crippen LogP contribution is -2.17. The highest BCUT2D eigenvalue weighted by Gasteiger charge is 2.13. The molecule has 1 unspecified atom stereocenters. The summed E-state index contributed by atoms with van der Waals surface area (Å²) in [5.41, 5.74) is 2.57. The number of thiophene rings is 1. The minimum atomic E-state index is 0.424. The summed E-state index contributed by atoms with van der Waals surface area (Å²) in [5, 5.41) is 5.79. The smallest absolute Gasteiger partial charge is 0.0603 e. The fourth-order valence-electron chi connectivity index (χ4n) is 2.81. The molecule has 106 valence electrons. The van der Waals surface area contributed by atoms with Gasteiger partial charge < -0.3 is 10.2 Å². The van der Waals surface area contributed by atoms with Gasteiger partial charge in [0.1, 0.15) is 0 Å². The van der Waals surface area contributed by atoms with Crippen LogP contribution >= 0.6 is 11.3 Å². The zero-order valence-corrected chi connectivity index (χ0v) is 12.8. The minimum Gasteiger partial charge on any atom is -0.377 e. The molecule has 0 aliphatic carbocycles. The first-order valence-corrected chi connectivity index (χ1v) is 8.39. The van der Waals surface area contributed by atoms with Crippen molar-refractivity contribution in [3.63, 3.8) is 0 Å². The zero-order chi connectivity index (χ0) is 13.8. The van der Waals surface area contributed by atoms with E-state index in [2.05, 4.69) is 58.9 Å². The number of rotatable bonds is 5. The fourth-order valence-corrected chi connectivity index (χ4v) is 3.67. The first-order valence-electron chi connectivity index (χ1n) is 7.52. The van der Waals surface area contributed by atoms with Gasteiger partial charge in [-0.05, 0) is 55.0 Å². The minimum absolute atomic E-state index is 0.424. The molecule has 0 spiro atoms. The molecule has 1 fully saturated rings. The second-order valence-electron chi connectivity index (χ2n) is 5.36. The van der Waals surface area contributed by atoms with E-state index in [0.717, 1.165) is 6.42 Å². The van der Waals surface area contributed by atoms with Crippen LogP contribution in [0.25, 0.3) is 0 Å². The molecule has 1 atom stereocenters. The number of benzene rings is 1. The van der Waals surface area contributed by atoms with Crippen LogP contribution in [0.15, 0.2) is 41.8 Å². The van der Waals surface area contributed by atoms with Crippen LogP contribution in [0.4, 0.5) is 11.4 Å². The van der Waals surface area contributed by atoms with Gasteiger partial charge in [-0.3, -0.25) is 0 Å². The van der Waals surface area contributed by atoms with Gasteiger partial charge in [0.15, 0.2) is 0 Å². The molecule has 1 saturated heterocycles. The van der Waals surface area contributed by atoms with Crippen molar-refractivity contribution in [2.24, 2.45) is 0 Å². The molecular weight excluding hydrogens is 264 g/mol. The monoisotopic (exact) mass is 286 g/mol. The van der Waals surface area contributed by atoms with E-state index in [1.54, 1.807) is 0 Å². The number of nitrogens with zero attached hydrogens (tertiary/aromatic N) is 1. The molecule has 2 heterocycles. The lowest BCUT2D eigenvalue weighted by atomic mass is 10.1. The molecule has 3 rings (SSSR count). The van der Waals surface area contributed by atoms with Gasteiger partial charge in [0.05, 0.1) is 6.04 Å². The van der Waals surface area contributed by atoms with Gasteiger partial charge in [-0.2, -0.15) is 0 Å². The van der Waals surface area contributed by atoms with Crippen LogP contribution in [-0.2, 0) is 0 Å². The fraction of sp³-hybridized carbons (Fsp3) is 0.412. The largest absolute Gasteiger partial charge is 0.377 e. The Morgan fingerprint density at radius 1 is 1.15 bits per heavy atom. The lowest BCUT2D eigenvalue weighted by Gasteiger charge is -2.20. The van der Waals surface area contributed by atoms with Crippen molar-refractivity contribution in [3.05, 3.63) is 46.7 Å². The van der Waals surface area contributed by atoms with Crippen LogP contribution in [-0.4, -0.2) is 13.1 Å². The van der Waals surface area contributed by atoms with E-state index in [9.17, 15) is 0 Å². The van der Waals surface area contributed by atoms with Gasteiger partial charge in [-0.15, -0.1) is 11.3 Å². The second-order valence-corrected chi connectivity index (χ2v) is 6.34. The van der Waals surface area contributed by atoms with E-state index in [4.69, 9.17) is 0 Å². The van der Waals surface area contributed by atoms with Gasteiger partial charge >= 0.3 is 0 Å². The highest BCUT2D eigenvalue weighted by Crippen LogP contribution is 2.28. The van der Waals surface area contributed by atoms with E-state index < -0.39 is 0 Å². The normalized spacial score (nSPS) is 16.4. The average Bonchev–Trinajstić information content (AvgIpc) is 3.18. The summed E-state index contributed by atoms with van der Waals surface area (Å²) in [4.78, 5) is 3.89. The van der Waals surface area contributed by atoms with E-state index in [0.29, 0.717) is 6.04 Å². The van der Waals surface area contributed by atoms with E-state index in [1.807, 2.05) is 11.3 Å². The molecule has 0 saturated carbocycles. The maximum atomic E-state index is 3.64. The molecule has 20 heavy (non-hydrogen) atoms. The molecule has 0 amide bonds. The molecule has 1 aliphatic heterocycles. The highest BCUT2D eigenvalue weighted by atomic mass is 32.1. The van der Waals surface area contributed by atoms with Crippen LogP contribution in [0, 0.1) is 0 Å². The zero-order valence-electron chi connectivity index (χ0n) is 12.0. The number of nitrogens with one attached hydrogen (secondary N) is 1. The van der Waals surface area contributed by atoms with Gasteiger partial charge in [-0.25, -0.2) is 0 Å². The summed E-state index contributed by atoms with van der Waals surface area (Å²) >= 11 is 1.83. The van der Waals surface area contributed by atoms with Crippen molar-refractivity contribution >= 4 is 22.7 Å². The Morgan fingerprint density at radius 3 is 2.50 bits per heavy atom. The number of anilines is 2. The van der Waals surface area contributed by atoms with Crippen molar-refractivity contribution in [3.8, 4) is 0 Å². The Hall–Kier alpha value is -1.48. The summed E-state index contributed by atoms with van der Waals surface area (Å²) in [6.07, 6.45) is 3.76. The third-order valence-corrected chi connectivity index (χ3v) is 4.96. The van der Waals surface area contributed by atoms with Gasteiger partial charge in [0.25, 0.3) is 0 Å². The molecule has 1 aromatic heterocycles. The lowest BCUT2D eigenvalue weighted by molar-refractivity contribution is 0.764. The van der Waals surface area contributed by atoms with Gasteiger partial charge in [-0.1, -0.05) is 13.0 Å². The van der Waals surface area contributed by atoms with Crippen molar-refractivity contribution in [2.75, 3.05) is 23.3 Å². The predicted octanol–water partition coefficient (Wildman–Crippen LogP) is 4.91. The SMILES string of the molecule is CCC(Nc1ccc(N2CCCC2)cc1)c1cccs1.